The van der Waals surface area contributed by atoms with Crippen LogP contribution in [0.5, 0.6) is 0 Å². The molecule has 114 valence electrons. The quantitative estimate of drug-likeness (QED) is 0.764. The number of piperidine rings is 1. The van der Waals surface area contributed by atoms with Gasteiger partial charge in [0.05, 0.1) is 6.10 Å². The van der Waals surface area contributed by atoms with Gasteiger partial charge in [0.1, 0.15) is 0 Å². The predicted molar refractivity (Wildman–Crippen MR) is 82.6 cm³/mol. The Morgan fingerprint density at radius 1 is 1.16 bits per heavy atom. The summed E-state index contributed by atoms with van der Waals surface area (Å²) in [5.41, 5.74) is 0. The van der Waals surface area contributed by atoms with Gasteiger partial charge < -0.3 is 14.5 Å². The first-order valence-corrected chi connectivity index (χ1v) is 8.18. The molecule has 1 aliphatic heterocycles. The van der Waals surface area contributed by atoms with Crippen molar-refractivity contribution in [3.8, 4) is 0 Å². The molecule has 0 amide bonds. The van der Waals surface area contributed by atoms with E-state index in [4.69, 9.17) is 4.74 Å². The number of likely N-dealkylation sites (tertiary alicyclic amines) is 1. The van der Waals surface area contributed by atoms with E-state index in [2.05, 4.69) is 23.8 Å². The van der Waals surface area contributed by atoms with Crippen LogP contribution in [0.3, 0.4) is 0 Å². The van der Waals surface area contributed by atoms with Crippen molar-refractivity contribution < 1.29 is 4.74 Å². The van der Waals surface area contributed by atoms with Crippen molar-refractivity contribution in [1.29, 1.82) is 0 Å². The summed E-state index contributed by atoms with van der Waals surface area (Å²) in [5, 5.41) is 0. The van der Waals surface area contributed by atoms with Gasteiger partial charge in [-0.25, -0.2) is 0 Å². The SMILES string of the molecule is CC.CCN1CCC(CN(C)C2CC(OC)C2)CC1. The molecule has 1 saturated carbocycles. The molecule has 3 heteroatoms. The molecule has 1 saturated heterocycles. The minimum atomic E-state index is 0.532. The third-order valence-corrected chi connectivity index (χ3v) is 4.73. The maximum Gasteiger partial charge on any atom is 0.0601 e. The summed E-state index contributed by atoms with van der Waals surface area (Å²) in [6, 6.07) is 0.782. The van der Waals surface area contributed by atoms with Crippen molar-refractivity contribution in [2.45, 2.75) is 58.6 Å². The lowest BCUT2D eigenvalue weighted by Gasteiger charge is -2.42. The molecule has 2 rings (SSSR count). The Morgan fingerprint density at radius 2 is 1.74 bits per heavy atom. The van der Waals surface area contributed by atoms with Crippen LogP contribution >= 0.6 is 0 Å². The Hall–Kier alpha value is -0.120. The Bertz CT molecular complexity index is 221. The van der Waals surface area contributed by atoms with E-state index in [0.717, 1.165) is 12.0 Å². The number of methoxy groups -OCH3 is 1. The second-order valence-corrected chi connectivity index (χ2v) is 5.80. The molecule has 0 radical (unpaired) electrons. The zero-order valence-electron chi connectivity index (χ0n) is 13.7. The van der Waals surface area contributed by atoms with E-state index >= 15 is 0 Å². The highest BCUT2D eigenvalue weighted by Crippen LogP contribution is 2.28. The average molecular weight is 270 g/mol. The van der Waals surface area contributed by atoms with Crippen LogP contribution in [0.2, 0.25) is 0 Å². The fraction of sp³-hybridized carbons (Fsp3) is 1.00. The molecule has 0 aromatic carbocycles. The number of hydrogen-bond donors (Lipinski definition) is 0. The van der Waals surface area contributed by atoms with Crippen molar-refractivity contribution >= 4 is 0 Å². The van der Waals surface area contributed by atoms with Gasteiger partial charge in [-0.3, -0.25) is 0 Å². The van der Waals surface area contributed by atoms with Gasteiger partial charge in [0, 0.05) is 19.7 Å². The Morgan fingerprint density at radius 3 is 2.21 bits per heavy atom. The van der Waals surface area contributed by atoms with Gasteiger partial charge in [-0.05, 0) is 58.3 Å². The first-order chi connectivity index (χ1) is 9.22. The second-order valence-electron chi connectivity index (χ2n) is 5.80. The minimum absolute atomic E-state index is 0.532. The number of ether oxygens (including phenoxy) is 1. The summed E-state index contributed by atoms with van der Waals surface area (Å²) in [6.07, 6.45) is 5.78. The third kappa shape index (κ3) is 5.05. The van der Waals surface area contributed by atoms with Gasteiger partial charge in [0.15, 0.2) is 0 Å². The molecule has 0 atom stereocenters. The number of nitrogens with zero attached hydrogens (tertiary/aromatic N) is 2. The van der Waals surface area contributed by atoms with E-state index in [1.165, 1.54) is 51.9 Å². The van der Waals surface area contributed by atoms with E-state index in [1.807, 2.05) is 21.0 Å². The molecular formula is C16H34N2O. The summed E-state index contributed by atoms with van der Waals surface area (Å²) in [4.78, 5) is 5.14. The van der Waals surface area contributed by atoms with Crippen LogP contribution in [0.15, 0.2) is 0 Å². The maximum atomic E-state index is 5.35. The Balaban J connectivity index is 0.000000861. The molecule has 2 aliphatic rings. The lowest BCUT2D eigenvalue weighted by atomic mass is 9.86. The average Bonchev–Trinajstić information content (AvgIpc) is 2.41. The predicted octanol–water partition coefficient (Wildman–Crippen LogP) is 2.85. The monoisotopic (exact) mass is 270 g/mol. The Labute approximate surface area is 120 Å². The van der Waals surface area contributed by atoms with E-state index in [-0.39, 0.29) is 0 Å². The summed E-state index contributed by atoms with van der Waals surface area (Å²) >= 11 is 0. The summed E-state index contributed by atoms with van der Waals surface area (Å²) in [7, 11) is 4.13. The molecule has 1 aliphatic carbocycles. The second kappa shape index (κ2) is 8.93. The topological polar surface area (TPSA) is 15.7 Å². The molecule has 1 heterocycles. The highest BCUT2D eigenvalue weighted by atomic mass is 16.5. The third-order valence-electron chi connectivity index (χ3n) is 4.73. The van der Waals surface area contributed by atoms with Crippen molar-refractivity contribution in [3.05, 3.63) is 0 Å². The van der Waals surface area contributed by atoms with E-state index in [9.17, 15) is 0 Å². The van der Waals surface area contributed by atoms with Crippen LogP contribution < -0.4 is 0 Å². The van der Waals surface area contributed by atoms with E-state index in [1.54, 1.807) is 0 Å². The van der Waals surface area contributed by atoms with Crippen molar-refractivity contribution in [3.63, 3.8) is 0 Å². The lowest BCUT2D eigenvalue weighted by molar-refractivity contribution is -0.0253. The largest absolute Gasteiger partial charge is 0.381 e. The summed E-state index contributed by atoms with van der Waals surface area (Å²) in [6.45, 7) is 11.4. The standard InChI is InChI=1S/C14H28N2O.C2H6/c1-4-16-7-5-12(6-8-16)11-15(2)13-9-14(10-13)17-3;1-2/h12-14H,4-11H2,1-3H3;1-2H3. The van der Waals surface area contributed by atoms with Crippen LogP contribution in [-0.4, -0.2) is 62.3 Å². The maximum absolute atomic E-state index is 5.35. The van der Waals surface area contributed by atoms with Gasteiger partial charge in [-0.15, -0.1) is 0 Å². The first-order valence-electron chi connectivity index (χ1n) is 8.18. The van der Waals surface area contributed by atoms with Crippen LogP contribution in [0.1, 0.15) is 46.5 Å². The van der Waals surface area contributed by atoms with Crippen LogP contribution in [0.25, 0.3) is 0 Å². The fourth-order valence-electron chi connectivity index (χ4n) is 3.13. The normalized spacial score (nSPS) is 28.7. The molecular weight excluding hydrogens is 236 g/mol. The fourth-order valence-corrected chi connectivity index (χ4v) is 3.13. The van der Waals surface area contributed by atoms with Gasteiger partial charge >= 0.3 is 0 Å². The molecule has 0 bridgehead atoms. The van der Waals surface area contributed by atoms with Crippen molar-refractivity contribution in [1.82, 2.24) is 9.80 Å². The van der Waals surface area contributed by atoms with Gasteiger partial charge in [0.2, 0.25) is 0 Å². The van der Waals surface area contributed by atoms with Crippen LogP contribution in [0, 0.1) is 5.92 Å². The molecule has 3 nitrogen and oxygen atoms in total. The van der Waals surface area contributed by atoms with Gasteiger partial charge in [0.25, 0.3) is 0 Å². The highest BCUT2D eigenvalue weighted by molar-refractivity contribution is 4.88. The zero-order valence-corrected chi connectivity index (χ0v) is 13.7. The van der Waals surface area contributed by atoms with E-state index in [0.29, 0.717) is 6.10 Å². The zero-order chi connectivity index (χ0) is 14.3. The molecule has 0 aromatic heterocycles. The molecule has 2 fully saturated rings. The molecule has 0 unspecified atom stereocenters. The first kappa shape index (κ1) is 16.9. The van der Waals surface area contributed by atoms with E-state index < -0.39 is 0 Å². The molecule has 0 spiro atoms. The van der Waals surface area contributed by atoms with Gasteiger partial charge in [-0.1, -0.05) is 20.8 Å². The summed E-state index contributed by atoms with van der Waals surface area (Å²) in [5.74, 6) is 0.921. The summed E-state index contributed by atoms with van der Waals surface area (Å²) < 4.78 is 5.35. The molecule has 0 aromatic rings. The highest BCUT2D eigenvalue weighted by Gasteiger charge is 2.33. The number of hydrogen-bond acceptors (Lipinski definition) is 3. The lowest BCUT2D eigenvalue weighted by Crippen LogP contribution is -2.48. The van der Waals surface area contributed by atoms with Gasteiger partial charge in [-0.2, -0.15) is 0 Å². The minimum Gasteiger partial charge on any atom is -0.381 e. The Kier molecular flexibility index (Phi) is 7.96. The van der Waals surface area contributed by atoms with Crippen molar-refractivity contribution in [2.75, 3.05) is 40.3 Å². The van der Waals surface area contributed by atoms with Crippen LogP contribution in [-0.2, 0) is 4.74 Å². The number of rotatable bonds is 5. The smallest absolute Gasteiger partial charge is 0.0601 e. The van der Waals surface area contributed by atoms with Crippen LogP contribution in [0.4, 0.5) is 0 Å². The van der Waals surface area contributed by atoms with Crippen molar-refractivity contribution in [2.24, 2.45) is 5.92 Å². The molecule has 0 N–H and O–H groups in total. The molecule has 19 heavy (non-hydrogen) atoms.